The van der Waals surface area contributed by atoms with Gasteiger partial charge in [-0.15, -0.1) is 0 Å². The summed E-state index contributed by atoms with van der Waals surface area (Å²) in [6.07, 6.45) is 1.75. The van der Waals surface area contributed by atoms with Crippen molar-refractivity contribution in [3.05, 3.63) is 23.3 Å². The van der Waals surface area contributed by atoms with Crippen LogP contribution in [-0.2, 0) is 9.53 Å². The molecule has 0 saturated carbocycles. The second-order valence-electron chi connectivity index (χ2n) is 4.76. The van der Waals surface area contributed by atoms with Gasteiger partial charge in [0.2, 0.25) is 0 Å². The third kappa shape index (κ3) is 1.91. The molecule has 2 rings (SSSR count). The average Bonchev–Trinajstić information content (AvgIpc) is 2.56. The lowest BCUT2D eigenvalue weighted by Crippen LogP contribution is -2.14. The average molecular weight is 206 g/mol. The van der Waals surface area contributed by atoms with Crippen LogP contribution in [0.5, 0.6) is 0 Å². The second kappa shape index (κ2) is 3.93. The van der Waals surface area contributed by atoms with Crippen molar-refractivity contribution in [2.75, 3.05) is 13.2 Å². The molecule has 2 unspecified atom stereocenters. The highest BCUT2D eigenvalue weighted by Gasteiger charge is 2.34. The van der Waals surface area contributed by atoms with E-state index >= 15 is 0 Å². The molecule has 0 bridgehead atoms. The Morgan fingerprint density at radius 3 is 2.87 bits per heavy atom. The summed E-state index contributed by atoms with van der Waals surface area (Å²) in [5.74, 6) is 1.17. The Balaban J connectivity index is 2.30. The van der Waals surface area contributed by atoms with Gasteiger partial charge in [0, 0.05) is 5.92 Å². The molecule has 2 atom stereocenters. The minimum absolute atomic E-state index is 0.216. The summed E-state index contributed by atoms with van der Waals surface area (Å²) in [4.78, 5) is 11.5. The summed E-state index contributed by atoms with van der Waals surface area (Å²) in [6, 6.07) is 0. The number of carbonyl (C=O) groups excluding carboxylic acids is 1. The molecule has 1 aliphatic carbocycles. The molecule has 2 heteroatoms. The lowest BCUT2D eigenvalue weighted by Gasteiger charge is -2.15. The zero-order chi connectivity index (χ0) is 11.0. The molecule has 1 fully saturated rings. The Morgan fingerprint density at radius 2 is 2.20 bits per heavy atom. The van der Waals surface area contributed by atoms with Crippen LogP contribution in [0.3, 0.4) is 0 Å². The van der Waals surface area contributed by atoms with Crippen molar-refractivity contribution >= 4 is 5.78 Å². The Morgan fingerprint density at radius 1 is 1.47 bits per heavy atom. The smallest absolute Gasteiger partial charge is 0.155 e. The molecule has 0 spiro atoms. The van der Waals surface area contributed by atoms with Gasteiger partial charge in [-0.2, -0.15) is 0 Å². The predicted octanol–water partition coefficient (Wildman–Crippen LogP) is 2.50. The van der Waals surface area contributed by atoms with Crippen molar-refractivity contribution in [2.45, 2.75) is 26.7 Å². The summed E-state index contributed by atoms with van der Waals surface area (Å²) in [5, 5.41) is 0. The van der Waals surface area contributed by atoms with E-state index in [1.165, 1.54) is 11.1 Å². The lowest BCUT2D eigenvalue weighted by molar-refractivity contribution is -0.113. The minimum Gasteiger partial charge on any atom is -0.380 e. The maximum Gasteiger partial charge on any atom is 0.155 e. The highest BCUT2D eigenvalue weighted by atomic mass is 16.5. The van der Waals surface area contributed by atoms with Gasteiger partial charge in [-0.3, -0.25) is 4.79 Å². The van der Waals surface area contributed by atoms with E-state index in [2.05, 4.69) is 13.5 Å². The van der Waals surface area contributed by atoms with E-state index in [1.807, 2.05) is 0 Å². The molecule has 0 amide bonds. The fourth-order valence-electron chi connectivity index (χ4n) is 2.71. The number of hydrogen-bond acceptors (Lipinski definition) is 2. The van der Waals surface area contributed by atoms with Gasteiger partial charge in [-0.25, -0.2) is 0 Å². The third-order valence-electron chi connectivity index (χ3n) is 3.62. The summed E-state index contributed by atoms with van der Waals surface area (Å²) in [5.41, 5.74) is 3.46. The second-order valence-corrected chi connectivity index (χ2v) is 4.76. The molecule has 0 aromatic rings. The largest absolute Gasteiger partial charge is 0.380 e. The van der Waals surface area contributed by atoms with Crippen LogP contribution in [0.4, 0.5) is 0 Å². The van der Waals surface area contributed by atoms with Gasteiger partial charge in [-0.1, -0.05) is 17.7 Å². The molecular formula is C13H18O2. The zero-order valence-corrected chi connectivity index (χ0v) is 9.51. The summed E-state index contributed by atoms with van der Waals surface area (Å²) < 4.78 is 5.49. The highest BCUT2D eigenvalue weighted by molar-refractivity contribution is 5.94. The Labute approximate surface area is 91.0 Å². The monoisotopic (exact) mass is 206 g/mol. The number of ether oxygens (including phenoxy) is 1. The van der Waals surface area contributed by atoms with Gasteiger partial charge in [0.1, 0.15) is 0 Å². The van der Waals surface area contributed by atoms with E-state index in [1.54, 1.807) is 6.92 Å². The molecule has 15 heavy (non-hydrogen) atoms. The highest BCUT2D eigenvalue weighted by Crippen LogP contribution is 2.38. The molecule has 0 aromatic heterocycles. The van der Waals surface area contributed by atoms with Gasteiger partial charge >= 0.3 is 0 Å². The Bertz CT molecular complexity index is 338. The van der Waals surface area contributed by atoms with Crippen LogP contribution in [0.1, 0.15) is 26.7 Å². The summed E-state index contributed by atoms with van der Waals surface area (Å²) >= 11 is 0. The van der Waals surface area contributed by atoms with Crippen molar-refractivity contribution in [1.29, 1.82) is 0 Å². The first-order valence-corrected chi connectivity index (χ1v) is 5.54. The molecular weight excluding hydrogens is 188 g/mol. The maximum absolute atomic E-state index is 11.5. The normalized spacial score (nSPS) is 31.5. The van der Waals surface area contributed by atoms with Gasteiger partial charge < -0.3 is 4.74 Å². The zero-order valence-electron chi connectivity index (χ0n) is 9.51. The van der Waals surface area contributed by atoms with Gasteiger partial charge in [-0.05, 0) is 38.2 Å². The maximum atomic E-state index is 11.5. The van der Waals surface area contributed by atoms with Crippen molar-refractivity contribution in [2.24, 2.45) is 11.8 Å². The van der Waals surface area contributed by atoms with Crippen LogP contribution in [-0.4, -0.2) is 19.0 Å². The lowest BCUT2D eigenvalue weighted by atomic mass is 9.87. The molecule has 1 saturated heterocycles. The van der Waals surface area contributed by atoms with Crippen LogP contribution in [0.2, 0.25) is 0 Å². The molecule has 2 aliphatic rings. The van der Waals surface area contributed by atoms with Crippen molar-refractivity contribution in [3.63, 3.8) is 0 Å². The van der Waals surface area contributed by atoms with E-state index in [4.69, 9.17) is 4.74 Å². The molecule has 0 N–H and O–H groups in total. The fraction of sp³-hybridized carbons (Fsp3) is 0.615. The topological polar surface area (TPSA) is 26.3 Å². The molecule has 1 aliphatic heterocycles. The third-order valence-corrected chi connectivity index (χ3v) is 3.62. The summed E-state index contributed by atoms with van der Waals surface area (Å²) in [7, 11) is 0. The molecule has 2 nitrogen and oxygen atoms in total. The van der Waals surface area contributed by atoms with Gasteiger partial charge in [0.25, 0.3) is 0 Å². The number of carbonyl (C=O) groups is 1. The molecule has 1 heterocycles. The van der Waals surface area contributed by atoms with Crippen LogP contribution in [0.15, 0.2) is 23.3 Å². The van der Waals surface area contributed by atoms with Crippen LogP contribution < -0.4 is 0 Å². The summed E-state index contributed by atoms with van der Waals surface area (Å²) in [6.45, 7) is 9.44. The first kappa shape index (κ1) is 10.6. The molecule has 0 radical (unpaired) electrons. The number of Topliss-reactive ketones (excluding diaryl/α,β-unsaturated/α-hetero) is 1. The van der Waals surface area contributed by atoms with E-state index in [9.17, 15) is 4.79 Å². The number of allylic oxidation sites excluding steroid dienone is 2. The quantitative estimate of drug-likeness (QED) is 0.616. The predicted molar refractivity (Wildman–Crippen MR) is 59.6 cm³/mol. The van der Waals surface area contributed by atoms with E-state index < -0.39 is 0 Å². The van der Waals surface area contributed by atoms with Crippen molar-refractivity contribution in [1.82, 2.24) is 0 Å². The van der Waals surface area contributed by atoms with E-state index in [0.717, 1.165) is 31.6 Å². The van der Waals surface area contributed by atoms with Crippen LogP contribution in [0, 0.1) is 11.8 Å². The van der Waals surface area contributed by atoms with E-state index in [-0.39, 0.29) is 5.78 Å². The number of hydrogen-bond donors (Lipinski definition) is 0. The fourth-order valence-corrected chi connectivity index (χ4v) is 2.71. The van der Waals surface area contributed by atoms with E-state index in [0.29, 0.717) is 11.8 Å². The van der Waals surface area contributed by atoms with Gasteiger partial charge in [0.15, 0.2) is 5.78 Å². The van der Waals surface area contributed by atoms with Crippen LogP contribution >= 0.6 is 0 Å². The SMILES string of the molecule is C=C1CC(C)=C(C(C)=O)CC2COCC12. The first-order chi connectivity index (χ1) is 7.09. The Kier molecular flexibility index (Phi) is 2.79. The molecule has 0 aromatic carbocycles. The van der Waals surface area contributed by atoms with Crippen LogP contribution in [0.25, 0.3) is 0 Å². The first-order valence-electron chi connectivity index (χ1n) is 5.54. The van der Waals surface area contributed by atoms with Crippen molar-refractivity contribution in [3.8, 4) is 0 Å². The Hall–Kier alpha value is -0.890. The standard InChI is InChI=1S/C13H18O2/c1-8-4-9(2)13-7-15-6-11(13)5-12(8)10(3)14/h11,13H,2,4-7H2,1,3H3. The number of fused-ring (bicyclic) bond motifs is 1. The minimum atomic E-state index is 0.216. The number of rotatable bonds is 1. The van der Waals surface area contributed by atoms with Gasteiger partial charge in [0.05, 0.1) is 13.2 Å². The number of ketones is 1. The van der Waals surface area contributed by atoms with Crippen molar-refractivity contribution < 1.29 is 9.53 Å². The molecule has 82 valence electrons.